The third kappa shape index (κ3) is 22.7. The van der Waals surface area contributed by atoms with E-state index in [9.17, 15) is 0 Å². The standard InChI is InChI=1S/C33H69Si/c1-5-9-10-11-12-13-14-15-16-17-18-19-20-21-22-23-24-25-26-27-28-29-30-31-32-33-34(6-2,7-3)8-4/h1,5-33H2,2-4H3. The zero-order chi connectivity index (χ0) is 25.0. The van der Waals surface area contributed by atoms with Crippen LogP contribution in [0.15, 0.2) is 0 Å². The molecule has 0 aromatic heterocycles. The summed E-state index contributed by atoms with van der Waals surface area (Å²) in [6.45, 7) is 11.3. The van der Waals surface area contributed by atoms with Crippen LogP contribution in [0.5, 0.6) is 0 Å². The minimum atomic E-state index is -0.838. The first-order chi connectivity index (χ1) is 16.7. The molecule has 0 N–H and O–H groups in total. The SMILES string of the molecule is [CH2]CCCCCCCCCCCCCCCCCCCCCCCCCC[Si](CC)(CC)CC. The average molecular weight is 494 g/mol. The molecule has 0 aromatic carbocycles. The Bertz CT molecular complexity index is 351. The van der Waals surface area contributed by atoms with Gasteiger partial charge in [0.25, 0.3) is 0 Å². The predicted octanol–water partition coefficient (Wildman–Crippen LogP) is 13.1. The van der Waals surface area contributed by atoms with Crippen LogP contribution in [0.3, 0.4) is 0 Å². The Balaban J connectivity index is 3.14. The van der Waals surface area contributed by atoms with Gasteiger partial charge in [-0.3, -0.25) is 0 Å². The Morgan fingerprint density at radius 3 is 0.735 bits per heavy atom. The molecule has 1 heteroatoms. The summed E-state index contributed by atoms with van der Waals surface area (Å²) in [6, 6.07) is 6.14. The minimum absolute atomic E-state index is 0.838. The largest absolute Gasteiger partial charge is 0.0678 e. The fraction of sp³-hybridized carbons (Fsp3) is 0.970. The van der Waals surface area contributed by atoms with Crippen LogP contribution in [0.2, 0.25) is 24.2 Å². The third-order valence-electron chi connectivity index (χ3n) is 8.96. The van der Waals surface area contributed by atoms with Crippen molar-refractivity contribution in [2.24, 2.45) is 0 Å². The molecule has 0 aliphatic heterocycles. The molecule has 0 amide bonds. The Morgan fingerprint density at radius 1 is 0.324 bits per heavy atom. The summed E-state index contributed by atoms with van der Waals surface area (Å²) in [6.07, 6.45) is 36.6. The van der Waals surface area contributed by atoms with Crippen LogP contribution >= 0.6 is 0 Å². The quantitative estimate of drug-likeness (QED) is 0.0717. The van der Waals surface area contributed by atoms with Gasteiger partial charge in [-0.2, -0.15) is 0 Å². The van der Waals surface area contributed by atoms with Gasteiger partial charge in [0.15, 0.2) is 0 Å². The van der Waals surface area contributed by atoms with E-state index in [0.29, 0.717) is 0 Å². The van der Waals surface area contributed by atoms with Crippen molar-refractivity contribution in [1.82, 2.24) is 0 Å². The summed E-state index contributed by atoms with van der Waals surface area (Å²) in [7, 11) is -0.838. The molecule has 0 unspecified atom stereocenters. The van der Waals surface area contributed by atoms with E-state index in [0.717, 1.165) is 6.42 Å². The third-order valence-corrected chi connectivity index (χ3v) is 14.9. The van der Waals surface area contributed by atoms with Crippen LogP contribution in [0, 0.1) is 6.92 Å². The molecule has 0 atom stereocenters. The fourth-order valence-electron chi connectivity index (χ4n) is 5.85. The smallest absolute Gasteiger partial charge is 0.0527 e. The molecule has 1 radical (unpaired) electrons. The van der Waals surface area contributed by atoms with Crippen LogP contribution < -0.4 is 0 Å². The van der Waals surface area contributed by atoms with Gasteiger partial charge in [-0.15, -0.1) is 0 Å². The van der Waals surface area contributed by atoms with Gasteiger partial charge in [0.1, 0.15) is 0 Å². The highest BCUT2D eigenvalue weighted by molar-refractivity contribution is 6.79. The first-order valence-electron chi connectivity index (χ1n) is 16.5. The fourth-order valence-corrected chi connectivity index (χ4v) is 9.41. The van der Waals surface area contributed by atoms with Gasteiger partial charge in [0.2, 0.25) is 0 Å². The number of hydrogen-bond acceptors (Lipinski definition) is 0. The zero-order valence-corrected chi connectivity index (χ0v) is 25.7. The van der Waals surface area contributed by atoms with Gasteiger partial charge in [-0.05, 0) is 0 Å². The molecule has 0 fully saturated rings. The topological polar surface area (TPSA) is 0 Å². The maximum absolute atomic E-state index is 3.92. The lowest BCUT2D eigenvalue weighted by Gasteiger charge is -2.28. The van der Waals surface area contributed by atoms with Crippen LogP contribution in [0.1, 0.15) is 181 Å². The molecule has 0 spiro atoms. The summed E-state index contributed by atoms with van der Waals surface area (Å²) >= 11 is 0. The first-order valence-corrected chi connectivity index (χ1v) is 19.4. The van der Waals surface area contributed by atoms with E-state index >= 15 is 0 Å². The molecule has 0 aliphatic carbocycles. The molecular weight excluding hydrogens is 424 g/mol. The van der Waals surface area contributed by atoms with Crippen molar-refractivity contribution in [2.45, 2.75) is 205 Å². The summed E-state index contributed by atoms with van der Waals surface area (Å²) in [5.41, 5.74) is 0. The Hall–Kier alpha value is 0.217. The van der Waals surface area contributed by atoms with E-state index in [1.165, 1.54) is 172 Å². The van der Waals surface area contributed by atoms with Gasteiger partial charge >= 0.3 is 0 Å². The van der Waals surface area contributed by atoms with Crippen molar-refractivity contribution >= 4 is 8.07 Å². The zero-order valence-electron chi connectivity index (χ0n) is 24.7. The summed E-state index contributed by atoms with van der Waals surface area (Å²) < 4.78 is 0. The highest BCUT2D eigenvalue weighted by atomic mass is 28.3. The van der Waals surface area contributed by atoms with Crippen LogP contribution in [-0.4, -0.2) is 8.07 Å². The van der Waals surface area contributed by atoms with Crippen molar-refractivity contribution in [3.05, 3.63) is 6.92 Å². The lowest BCUT2D eigenvalue weighted by Crippen LogP contribution is -2.30. The van der Waals surface area contributed by atoms with Crippen LogP contribution in [-0.2, 0) is 0 Å². The average Bonchev–Trinajstić information content (AvgIpc) is 2.86. The van der Waals surface area contributed by atoms with Crippen LogP contribution in [0.4, 0.5) is 0 Å². The monoisotopic (exact) mass is 494 g/mol. The van der Waals surface area contributed by atoms with Gasteiger partial charge < -0.3 is 0 Å². The lowest BCUT2D eigenvalue weighted by atomic mass is 10.0. The molecule has 0 heterocycles. The molecule has 205 valence electrons. The Labute approximate surface area is 220 Å². The second-order valence-corrected chi connectivity index (χ2v) is 17.3. The van der Waals surface area contributed by atoms with Gasteiger partial charge in [-0.1, -0.05) is 212 Å². The van der Waals surface area contributed by atoms with Crippen molar-refractivity contribution in [3.63, 3.8) is 0 Å². The Morgan fingerprint density at radius 2 is 0.529 bits per heavy atom. The van der Waals surface area contributed by atoms with Gasteiger partial charge in [0, 0.05) is 0 Å². The molecule has 0 rings (SSSR count). The van der Waals surface area contributed by atoms with E-state index in [1.807, 2.05) is 0 Å². The minimum Gasteiger partial charge on any atom is -0.0678 e. The first kappa shape index (κ1) is 34.2. The molecular formula is C33H69Si. The van der Waals surface area contributed by atoms with E-state index in [-0.39, 0.29) is 0 Å². The highest BCUT2D eigenvalue weighted by Gasteiger charge is 2.25. The second kappa shape index (κ2) is 27.8. The van der Waals surface area contributed by atoms with E-state index < -0.39 is 8.07 Å². The lowest BCUT2D eigenvalue weighted by molar-refractivity contribution is 0.517. The van der Waals surface area contributed by atoms with Gasteiger partial charge in [-0.25, -0.2) is 0 Å². The maximum Gasteiger partial charge on any atom is 0.0527 e. The molecule has 0 bridgehead atoms. The number of unbranched alkanes of at least 4 members (excludes halogenated alkanes) is 24. The molecule has 0 aliphatic rings. The highest BCUT2D eigenvalue weighted by Crippen LogP contribution is 2.27. The molecule has 0 saturated carbocycles. The predicted molar refractivity (Wildman–Crippen MR) is 163 cm³/mol. The maximum atomic E-state index is 3.92. The van der Waals surface area contributed by atoms with E-state index in [1.54, 1.807) is 6.04 Å². The van der Waals surface area contributed by atoms with Crippen molar-refractivity contribution in [3.8, 4) is 0 Å². The van der Waals surface area contributed by atoms with E-state index in [4.69, 9.17) is 0 Å². The summed E-state index contributed by atoms with van der Waals surface area (Å²) in [5, 5.41) is 0. The van der Waals surface area contributed by atoms with Crippen molar-refractivity contribution in [1.29, 1.82) is 0 Å². The van der Waals surface area contributed by atoms with Crippen LogP contribution in [0.25, 0.3) is 0 Å². The molecule has 34 heavy (non-hydrogen) atoms. The Kier molecular flexibility index (Phi) is 28.0. The normalized spacial score (nSPS) is 12.0. The summed E-state index contributed by atoms with van der Waals surface area (Å²) in [5.74, 6) is 0. The van der Waals surface area contributed by atoms with E-state index in [2.05, 4.69) is 27.7 Å². The number of rotatable bonds is 29. The second-order valence-electron chi connectivity index (χ2n) is 11.6. The molecule has 0 nitrogen and oxygen atoms in total. The van der Waals surface area contributed by atoms with Gasteiger partial charge in [0.05, 0.1) is 8.07 Å². The van der Waals surface area contributed by atoms with Crippen molar-refractivity contribution < 1.29 is 0 Å². The summed E-state index contributed by atoms with van der Waals surface area (Å²) in [4.78, 5) is 0. The number of hydrogen-bond donors (Lipinski definition) is 0. The molecule has 0 aromatic rings. The van der Waals surface area contributed by atoms with Crippen molar-refractivity contribution in [2.75, 3.05) is 0 Å². The molecule has 0 saturated heterocycles.